The lowest BCUT2D eigenvalue weighted by Gasteiger charge is -2.23. The van der Waals surface area contributed by atoms with E-state index in [9.17, 15) is 4.79 Å². The normalized spacial score (nSPS) is 16.0. The number of aromatic nitrogens is 2. The minimum atomic E-state index is -0.145. The molecule has 3 rings (SSSR count). The summed E-state index contributed by atoms with van der Waals surface area (Å²) in [5.74, 6) is 6.83. The lowest BCUT2D eigenvalue weighted by atomic mass is 9.89. The molecule has 3 nitrogen and oxygen atoms in total. The zero-order valence-electron chi connectivity index (χ0n) is 14.9. The van der Waals surface area contributed by atoms with Gasteiger partial charge in [-0.1, -0.05) is 37.3 Å². The van der Waals surface area contributed by atoms with Crippen molar-refractivity contribution < 1.29 is 0 Å². The van der Waals surface area contributed by atoms with Crippen LogP contribution in [0.4, 0.5) is 0 Å². The fourth-order valence-corrected chi connectivity index (χ4v) is 3.32. The fraction of sp³-hybridized carbons (Fsp3) is 0.524. The van der Waals surface area contributed by atoms with Gasteiger partial charge in [-0.25, -0.2) is 0 Å². The summed E-state index contributed by atoms with van der Waals surface area (Å²) < 4.78 is 2.01. The Bertz CT molecular complexity index is 840. The molecule has 1 heterocycles. The highest BCUT2D eigenvalue weighted by molar-refractivity contribution is 5.79. The van der Waals surface area contributed by atoms with Crippen molar-refractivity contribution in [3.05, 3.63) is 40.2 Å². The minimum Gasteiger partial charge on any atom is -0.286 e. The molecule has 1 fully saturated rings. The van der Waals surface area contributed by atoms with E-state index in [2.05, 4.69) is 16.9 Å². The summed E-state index contributed by atoms with van der Waals surface area (Å²) in [5, 5.41) is 5.35. The second-order valence-electron chi connectivity index (χ2n) is 7.88. The van der Waals surface area contributed by atoms with Crippen molar-refractivity contribution in [2.24, 2.45) is 11.3 Å². The van der Waals surface area contributed by atoms with Gasteiger partial charge >= 0.3 is 0 Å². The number of benzene rings is 1. The van der Waals surface area contributed by atoms with Gasteiger partial charge in [-0.3, -0.25) is 9.48 Å². The number of nitrogens with zero attached hydrogens (tertiary/aromatic N) is 2. The summed E-state index contributed by atoms with van der Waals surface area (Å²) in [5.41, 5.74) is 1.10. The Kier molecular flexibility index (Phi) is 4.76. The van der Waals surface area contributed by atoms with Crippen molar-refractivity contribution in [1.82, 2.24) is 9.78 Å². The van der Waals surface area contributed by atoms with Crippen LogP contribution in [-0.4, -0.2) is 9.78 Å². The molecule has 0 saturated heterocycles. The van der Waals surface area contributed by atoms with Crippen molar-refractivity contribution in [3.8, 4) is 11.8 Å². The third-order valence-corrected chi connectivity index (χ3v) is 4.57. The van der Waals surface area contributed by atoms with Crippen molar-refractivity contribution in [2.75, 3.05) is 0 Å². The van der Waals surface area contributed by atoms with Crippen LogP contribution in [0.25, 0.3) is 10.9 Å². The summed E-state index contributed by atoms with van der Waals surface area (Å²) in [6.45, 7) is 7.01. The van der Waals surface area contributed by atoms with E-state index in [1.807, 2.05) is 49.7 Å². The number of hydrogen-bond donors (Lipinski definition) is 0. The first-order valence-corrected chi connectivity index (χ1v) is 8.97. The van der Waals surface area contributed by atoms with Gasteiger partial charge in [-0.15, -0.1) is 0 Å². The summed E-state index contributed by atoms with van der Waals surface area (Å²) in [4.78, 5) is 12.7. The van der Waals surface area contributed by atoms with E-state index in [1.165, 1.54) is 32.1 Å². The van der Waals surface area contributed by atoms with Crippen molar-refractivity contribution in [1.29, 1.82) is 0 Å². The molecule has 2 aromatic rings. The SMILES string of the molecule is CC(C)(C)C#Cc1nn(CC2CCCCC2)c2ccccc2c1=O. The van der Waals surface area contributed by atoms with E-state index in [0.29, 0.717) is 11.6 Å². The molecule has 1 aliphatic rings. The van der Waals surface area contributed by atoms with Gasteiger partial charge in [0, 0.05) is 12.0 Å². The molecule has 0 bridgehead atoms. The van der Waals surface area contributed by atoms with Crippen molar-refractivity contribution in [3.63, 3.8) is 0 Å². The summed E-state index contributed by atoms with van der Waals surface area (Å²) in [6.07, 6.45) is 6.46. The van der Waals surface area contributed by atoms with Crippen LogP contribution < -0.4 is 5.43 Å². The van der Waals surface area contributed by atoms with Crippen LogP contribution in [0.1, 0.15) is 58.6 Å². The maximum absolute atomic E-state index is 12.7. The minimum absolute atomic E-state index is 0.0535. The molecule has 0 N–H and O–H groups in total. The van der Waals surface area contributed by atoms with Gasteiger partial charge in [-0.2, -0.15) is 5.10 Å². The number of hydrogen-bond acceptors (Lipinski definition) is 2. The predicted molar refractivity (Wildman–Crippen MR) is 98.9 cm³/mol. The van der Waals surface area contributed by atoms with Crippen molar-refractivity contribution >= 4 is 10.9 Å². The average Bonchev–Trinajstić information content (AvgIpc) is 2.56. The van der Waals surface area contributed by atoms with E-state index in [-0.39, 0.29) is 10.8 Å². The van der Waals surface area contributed by atoms with Crippen LogP contribution in [-0.2, 0) is 6.54 Å². The van der Waals surface area contributed by atoms with Crippen LogP contribution in [0.3, 0.4) is 0 Å². The van der Waals surface area contributed by atoms with E-state index < -0.39 is 0 Å². The van der Waals surface area contributed by atoms with Gasteiger partial charge in [0.25, 0.3) is 0 Å². The van der Waals surface area contributed by atoms with E-state index in [1.54, 1.807) is 0 Å². The van der Waals surface area contributed by atoms with Gasteiger partial charge in [0.15, 0.2) is 5.69 Å². The lowest BCUT2D eigenvalue weighted by molar-refractivity contribution is 0.310. The third-order valence-electron chi connectivity index (χ3n) is 4.57. The van der Waals surface area contributed by atoms with Gasteiger partial charge in [-0.05, 0) is 57.6 Å². The zero-order valence-corrected chi connectivity index (χ0v) is 14.9. The quantitative estimate of drug-likeness (QED) is 0.769. The molecule has 3 heteroatoms. The van der Waals surface area contributed by atoms with Gasteiger partial charge in [0.1, 0.15) is 0 Å². The molecule has 126 valence electrons. The Labute approximate surface area is 144 Å². The van der Waals surface area contributed by atoms with Crippen LogP contribution in [0.15, 0.2) is 29.1 Å². The topological polar surface area (TPSA) is 34.9 Å². The Hall–Kier alpha value is -2.08. The first-order valence-electron chi connectivity index (χ1n) is 8.97. The van der Waals surface area contributed by atoms with Crippen LogP contribution in [0.5, 0.6) is 0 Å². The fourth-order valence-electron chi connectivity index (χ4n) is 3.32. The maximum Gasteiger partial charge on any atom is 0.223 e. The first kappa shape index (κ1) is 16.8. The first-order chi connectivity index (χ1) is 11.4. The standard InChI is InChI=1S/C21H26N2O/c1-21(2,3)14-13-18-20(24)17-11-7-8-12-19(17)23(22-18)15-16-9-5-4-6-10-16/h7-8,11-12,16H,4-6,9-10,15H2,1-3H3. The molecule has 0 atom stereocenters. The number of para-hydroxylation sites is 1. The second kappa shape index (κ2) is 6.81. The summed E-state index contributed by atoms with van der Waals surface area (Å²) in [7, 11) is 0. The largest absolute Gasteiger partial charge is 0.286 e. The highest BCUT2D eigenvalue weighted by atomic mass is 16.1. The summed E-state index contributed by atoms with van der Waals surface area (Å²) >= 11 is 0. The smallest absolute Gasteiger partial charge is 0.223 e. The number of rotatable bonds is 2. The Balaban J connectivity index is 2.07. The molecule has 1 aromatic heterocycles. The Morgan fingerprint density at radius 3 is 2.58 bits per heavy atom. The van der Waals surface area contributed by atoms with Crippen LogP contribution in [0.2, 0.25) is 0 Å². The zero-order chi connectivity index (χ0) is 17.2. The molecular weight excluding hydrogens is 296 g/mol. The second-order valence-corrected chi connectivity index (χ2v) is 7.88. The highest BCUT2D eigenvalue weighted by Gasteiger charge is 2.17. The molecule has 0 radical (unpaired) electrons. The summed E-state index contributed by atoms with van der Waals surface area (Å²) in [6, 6.07) is 7.77. The van der Waals surface area contributed by atoms with Crippen LogP contribution in [0, 0.1) is 23.2 Å². The third kappa shape index (κ3) is 3.87. The molecular formula is C21H26N2O. The molecule has 0 unspecified atom stereocenters. The van der Waals surface area contributed by atoms with Gasteiger partial charge < -0.3 is 0 Å². The molecule has 1 aliphatic carbocycles. The van der Waals surface area contributed by atoms with Gasteiger partial charge in [0.05, 0.1) is 10.9 Å². The van der Waals surface area contributed by atoms with E-state index >= 15 is 0 Å². The molecule has 1 saturated carbocycles. The Morgan fingerprint density at radius 2 is 1.88 bits per heavy atom. The molecule has 0 amide bonds. The molecule has 1 aromatic carbocycles. The lowest BCUT2D eigenvalue weighted by Crippen LogP contribution is -2.22. The Morgan fingerprint density at radius 1 is 1.17 bits per heavy atom. The van der Waals surface area contributed by atoms with Crippen LogP contribution >= 0.6 is 0 Å². The predicted octanol–water partition coefficient (Wildman–Crippen LogP) is 4.37. The average molecular weight is 322 g/mol. The van der Waals surface area contributed by atoms with Crippen molar-refractivity contribution in [2.45, 2.75) is 59.4 Å². The molecule has 24 heavy (non-hydrogen) atoms. The van der Waals surface area contributed by atoms with Gasteiger partial charge in [0.2, 0.25) is 5.43 Å². The number of fused-ring (bicyclic) bond motifs is 1. The van der Waals surface area contributed by atoms with E-state index in [4.69, 9.17) is 0 Å². The monoisotopic (exact) mass is 322 g/mol. The maximum atomic E-state index is 12.7. The highest BCUT2D eigenvalue weighted by Crippen LogP contribution is 2.25. The van der Waals surface area contributed by atoms with E-state index in [0.717, 1.165) is 17.4 Å². The molecule has 0 aliphatic heterocycles. The molecule has 0 spiro atoms.